The van der Waals surface area contributed by atoms with Crippen LogP contribution in [0.15, 0.2) is 12.1 Å². The van der Waals surface area contributed by atoms with Crippen LogP contribution in [0.25, 0.3) is 0 Å². The summed E-state index contributed by atoms with van der Waals surface area (Å²) in [6.45, 7) is 6.18. The fourth-order valence-electron chi connectivity index (χ4n) is 3.38. The van der Waals surface area contributed by atoms with Gasteiger partial charge in [0.2, 0.25) is 5.91 Å². The van der Waals surface area contributed by atoms with Gasteiger partial charge in [0.1, 0.15) is 0 Å². The molecule has 1 fully saturated rings. The number of morpholine rings is 1. The normalized spacial score (nSPS) is 21.8. The van der Waals surface area contributed by atoms with Gasteiger partial charge in [-0.15, -0.1) is 0 Å². The van der Waals surface area contributed by atoms with Crippen LogP contribution in [0.1, 0.15) is 24.1 Å². The molecule has 1 N–H and O–H groups in total. The number of amides is 1. The van der Waals surface area contributed by atoms with Gasteiger partial charge in [-0.3, -0.25) is 9.69 Å². The summed E-state index contributed by atoms with van der Waals surface area (Å²) in [4.78, 5) is 16.7. The molecule has 0 saturated carbocycles. The number of ether oxygens (including phenoxy) is 2. The lowest BCUT2D eigenvalue weighted by Gasteiger charge is -2.37. The minimum absolute atomic E-state index is 0.0122. The van der Waals surface area contributed by atoms with E-state index in [9.17, 15) is 9.90 Å². The van der Waals surface area contributed by atoms with Crippen LogP contribution in [-0.4, -0.2) is 67.3 Å². The molecule has 0 bridgehead atoms. The molecular weight excluding hydrogens is 296 g/mol. The van der Waals surface area contributed by atoms with Crippen molar-refractivity contribution in [1.29, 1.82) is 0 Å². The zero-order chi connectivity index (χ0) is 16.4. The molecule has 0 radical (unpaired) electrons. The summed E-state index contributed by atoms with van der Waals surface area (Å²) in [5.74, 6) is 0.765. The zero-order valence-electron chi connectivity index (χ0n) is 13.7. The number of methoxy groups -OCH3 is 1. The van der Waals surface area contributed by atoms with Gasteiger partial charge < -0.3 is 19.5 Å². The molecule has 1 aromatic rings. The van der Waals surface area contributed by atoms with E-state index < -0.39 is 0 Å². The second kappa shape index (κ2) is 6.76. The molecule has 126 valence electrons. The van der Waals surface area contributed by atoms with Crippen molar-refractivity contribution in [1.82, 2.24) is 9.80 Å². The molecule has 1 aromatic carbocycles. The Morgan fingerprint density at radius 1 is 1.35 bits per heavy atom. The Bertz CT molecular complexity index is 584. The lowest BCUT2D eigenvalue weighted by Crippen LogP contribution is -2.47. The van der Waals surface area contributed by atoms with Crippen LogP contribution in [0, 0.1) is 0 Å². The summed E-state index contributed by atoms with van der Waals surface area (Å²) in [5, 5.41) is 9.92. The molecular formula is C17H24N2O4. The lowest BCUT2D eigenvalue weighted by molar-refractivity contribution is -0.136. The maximum atomic E-state index is 12.7. The molecule has 6 heteroatoms. The average Bonchev–Trinajstić information content (AvgIpc) is 2.55. The summed E-state index contributed by atoms with van der Waals surface area (Å²) < 4.78 is 10.5. The number of phenols is 1. The molecule has 3 rings (SSSR count). The van der Waals surface area contributed by atoms with E-state index in [1.807, 2.05) is 17.9 Å². The number of hydrogen-bond acceptors (Lipinski definition) is 5. The van der Waals surface area contributed by atoms with Crippen molar-refractivity contribution in [3.05, 3.63) is 23.3 Å². The van der Waals surface area contributed by atoms with Crippen LogP contribution in [0.5, 0.6) is 11.5 Å². The topological polar surface area (TPSA) is 62.2 Å². The Balaban J connectivity index is 1.74. The second-order valence-corrected chi connectivity index (χ2v) is 6.12. The van der Waals surface area contributed by atoms with Crippen LogP contribution >= 0.6 is 0 Å². The number of hydrogen-bond donors (Lipinski definition) is 1. The van der Waals surface area contributed by atoms with Crippen molar-refractivity contribution in [2.75, 3.05) is 46.5 Å². The Morgan fingerprint density at radius 3 is 2.78 bits per heavy atom. The van der Waals surface area contributed by atoms with Gasteiger partial charge in [-0.05, 0) is 36.6 Å². The van der Waals surface area contributed by atoms with E-state index in [0.29, 0.717) is 32.1 Å². The first-order chi connectivity index (χ1) is 11.1. The molecule has 0 unspecified atom stereocenters. The molecule has 23 heavy (non-hydrogen) atoms. The van der Waals surface area contributed by atoms with E-state index in [0.717, 1.165) is 30.6 Å². The molecule has 2 heterocycles. The fourth-order valence-corrected chi connectivity index (χ4v) is 3.38. The van der Waals surface area contributed by atoms with Gasteiger partial charge >= 0.3 is 0 Å². The van der Waals surface area contributed by atoms with Crippen LogP contribution in [-0.2, 0) is 16.0 Å². The van der Waals surface area contributed by atoms with Gasteiger partial charge in [0, 0.05) is 19.6 Å². The standard InChI is InChI=1S/C17H24N2O4/c1-12-14-10-16(22-2)15(20)9-13(14)3-4-19(12)17(21)11-18-5-7-23-8-6-18/h9-10,12,20H,3-8,11H2,1-2H3/t12-/m0/s1. The highest BCUT2D eigenvalue weighted by Gasteiger charge is 2.29. The summed E-state index contributed by atoms with van der Waals surface area (Å²) >= 11 is 0. The maximum Gasteiger partial charge on any atom is 0.237 e. The Kier molecular flexibility index (Phi) is 4.73. The van der Waals surface area contributed by atoms with Crippen LogP contribution in [0.2, 0.25) is 0 Å². The van der Waals surface area contributed by atoms with Gasteiger partial charge in [-0.25, -0.2) is 0 Å². The second-order valence-electron chi connectivity index (χ2n) is 6.12. The monoisotopic (exact) mass is 320 g/mol. The quantitative estimate of drug-likeness (QED) is 0.906. The van der Waals surface area contributed by atoms with Crippen LogP contribution in [0.3, 0.4) is 0 Å². The first-order valence-electron chi connectivity index (χ1n) is 8.09. The molecule has 2 aliphatic heterocycles. The number of fused-ring (bicyclic) bond motifs is 1. The number of rotatable bonds is 3. The maximum absolute atomic E-state index is 12.7. The summed E-state index contributed by atoms with van der Waals surface area (Å²) in [6, 6.07) is 3.60. The third kappa shape index (κ3) is 3.28. The van der Waals surface area contributed by atoms with Crippen molar-refractivity contribution in [2.45, 2.75) is 19.4 Å². The zero-order valence-corrected chi connectivity index (χ0v) is 13.7. The van der Waals surface area contributed by atoms with E-state index in [4.69, 9.17) is 9.47 Å². The van der Waals surface area contributed by atoms with E-state index >= 15 is 0 Å². The molecule has 1 amide bonds. The highest BCUT2D eigenvalue weighted by atomic mass is 16.5. The molecule has 0 aromatic heterocycles. The number of nitrogens with zero attached hydrogens (tertiary/aromatic N) is 2. The van der Waals surface area contributed by atoms with Crippen molar-refractivity contribution in [2.24, 2.45) is 0 Å². The molecule has 1 atom stereocenters. The number of carbonyl (C=O) groups is 1. The summed E-state index contributed by atoms with van der Waals surface area (Å²) in [7, 11) is 1.54. The van der Waals surface area contributed by atoms with E-state index in [1.54, 1.807) is 6.07 Å². The highest BCUT2D eigenvalue weighted by Crippen LogP contribution is 2.37. The SMILES string of the molecule is COc1cc2c(cc1O)CCN(C(=O)CN1CCOCC1)[C@H]2C. The Labute approximate surface area is 136 Å². The number of carbonyl (C=O) groups excluding carboxylic acids is 1. The smallest absolute Gasteiger partial charge is 0.237 e. The van der Waals surface area contributed by atoms with Crippen molar-refractivity contribution in [3.63, 3.8) is 0 Å². The number of aromatic hydroxyl groups is 1. The molecule has 6 nitrogen and oxygen atoms in total. The van der Waals surface area contributed by atoms with Crippen LogP contribution in [0.4, 0.5) is 0 Å². The van der Waals surface area contributed by atoms with E-state index in [1.165, 1.54) is 7.11 Å². The fraction of sp³-hybridized carbons (Fsp3) is 0.588. The van der Waals surface area contributed by atoms with Crippen LogP contribution < -0.4 is 4.74 Å². The minimum atomic E-state index is -0.0122. The summed E-state index contributed by atoms with van der Waals surface area (Å²) in [5.41, 5.74) is 2.15. The molecule has 0 spiro atoms. The van der Waals surface area contributed by atoms with E-state index in [-0.39, 0.29) is 17.7 Å². The third-order valence-electron chi connectivity index (χ3n) is 4.76. The predicted octanol–water partition coefficient (Wildman–Crippen LogP) is 1.18. The third-order valence-corrected chi connectivity index (χ3v) is 4.76. The van der Waals surface area contributed by atoms with Crippen molar-refractivity contribution < 1.29 is 19.4 Å². The van der Waals surface area contributed by atoms with Crippen molar-refractivity contribution >= 4 is 5.91 Å². The first kappa shape index (κ1) is 16.1. The van der Waals surface area contributed by atoms with Gasteiger partial charge in [-0.2, -0.15) is 0 Å². The average molecular weight is 320 g/mol. The van der Waals surface area contributed by atoms with Crippen molar-refractivity contribution in [3.8, 4) is 11.5 Å². The highest BCUT2D eigenvalue weighted by molar-refractivity contribution is 5.79. The number of benzene rings is 1. The minimum Gasteiger partial charge on any atom is -0.504 e. The Morgan fingerprint density at radius 2 is 2.09 bits per heavy atom. The van der Waals surface area contributed by atoms with Gasteiger partial charge in [0.05, 0.1) is 32.9 Å². The molecule has 1 saturated heterocycles. The van der Waals surface area contributed by atoms with Gasteiger partial charge in [0.15, 0.2) is 11.5 Å². The lowest BCUT2D eigenvalue weighted by atomic mass is 9.92. The van der Waals surface area contributed by atoms with E-state index in [2.05, 4.69) is 4.90 Å². The first-order valence-corrected chi connectivity index (χ1v) is 8.09. The molecule has 2 aliphatic rings. The largest absolute Gasteiger partial charge is 0.504 e. The molecule has 0 aliphatic carbocycles. The Hall–Kier alpha value is -1.79. The summed E-state index contributed by atoms with van der Waals surface area (Å²) in [6.07, 6.45) is 0.756. The number of phenolic OH excluding ortho intramolecular Hbond substituents is 1. The van der Waals surface area contributed by atoms with Gasteiger partial charge in [-0.1, -0.05) is 0 Å². The predicted molar refractivity (Wildman–Crippen MR) is 85.7 cm³/mol. The van der Waals surface area contributed by atoms with Gasteiger partial charge in [0.25, 0.3) is 0 Å².